The average molecular weight is 232 g/mol. The Morgan fingerprint density at radius 2 is 2.06 bits per heavy atom. The van der Waals surface area contributed by atoms with Crippen molar-refractivity contribution in [3.05, 3.63) is 35.9 Å². The van der Waals surface area contributed by atoms with Crippen LogP contribution in [0.25, 0.3) is 0 Å². The minimum absolute atomic E-state index is 0.410. The van der Waals surface area contributed by atoms with Crippen LogP contribution in [0.15, 0.2) is 30.3 Å². The molecule has 1 aromatic carbocycles. The predicted octanol–water partition coefficient (Wildman–Crippen LogP) is 2.65. The third-order valence-corrected chi connectivity index (χ3v) is 3.80. The summed E-state index contributed by atoms with van der Waals surface area (Å²) in [5.74, 6) is 0.578. The van der Waals surface area contributed by atoms with E-state index in [4.69, 9.17) is 5.73 Å². The first kappa shape index (κ1) is 12.6. The summed E-state index contributed by atoms with van der Waals surface area (Å²) in [6, 6.07) is 11.8. The zero-order chi connectivity index (χ0) is 12.1. The van der Waals surface area contributed by atoms with E-state index in [1.165, 1.54) is 24.8 Å². The van der Waals surface area contributed by atoms with E-state index in [1.807, 2.05) is 0 Å². The summed E-state index contributed by atoms with van der Waals surface area (Å²) in [6.45, 7) is 3.34. The first-order valence-electron chi connectivity index (χ1n) is 6.79. The van der Waals surface area contributed by atoms with Crippen LogP contribution in [0.5, 0.6) is 0 Å². The smallest absolute Gasteiger partial charge is 0.00820 e. The zero-order valence-corrected chi connectivity index (χ0v) is 10.7. The van der Waals surface area contributed by atoms with E-state index >= 15 is 0 Å². The van der Waals surface area contributed by atoms with E-state index in [0.29, 0.717) is 18.0 Å². The molecule has 94 valence electrons. The van der Waals surface area contributed by atoms with Gasteiger partial charge in [-0.15, -0.1) is 0 Å². The van der Waals surface area contributed by atoms with Gasteiger partial charge in [-0.05, 0) is 30.7 Å². The highest BCUT2D eigenvalue weighted by Crippen LogP contribution is 2.19. The minimum Gasteiger partial charge on any atom is -0.328 e. The van der Waals surface area contributed by atoms with Crippen LogP contribution in [0, 0.1) is 0 Å². The van der Waals surface area contributed by atoms with Gasteiger partial charge in [-0.1, -0.05) is 43.7 Å². The Labute approximate surface area is 105 Å². The van der Waals surface area contributed by atoms with Crippen molar-refractivity contribution in [1.82, 2.24) is 5.32 Å². The Hall–Kier alpha value is -0.860. The summed E-state index contributed by atoms with van der Waals surface area (Å²) < 4.78 is 0. The van der Waals surface area contributed by atoms with E-state index < -0.39 is 0 Å². The van der Waals surface area contributed by atoms with Gasteiger partial charge in [-0.25, -0.2) is 0 Å². The van der Waals surface area contributed by atoms with Crippen LogP contribution in [-0.4, -0.2) is 18.6 Å². The van der Waals surface area contributed by atoms with Crippen LogP contribution in [0.4, 0.5) is 0 Å². The van der Waals surface area contributed by atoms with Crippen LogP contribution in [-0.2, 0) is 0 Å². The van der Waals surface area contributed by atoms with E-state index in [9.17, 15) is 0 Å². The number of nitrogens with two attached hydrogens (primary N) is 1. The number of hydrogen-bond donors (Lipinski definition) is 2. The zero-order valence-electron chi connectivity index (χ0n) is 10.7. The lowest BCUT2D eigenvalue weighted by molar-refractivity contribution is 0.335. The highest BCUT2D eigenvalue weighted by molar-refractivity contribution is 5.19. The van der Waals surface area contributed by atoms with Gasteiger partial charge in [0.2, 0.25) is 0 Å². The molecule has 1 saturated carbocycles. The molecule has 0 heterocycles. The van der Waals surface area contributed by atoms with Gasteiger partial charge in [0.15, 0.2) is 0 Å². The lowest BCUT2D eigenvalue weighted by Gasteiger charge is -2.28. The first-order chi connectivity index (χ1) is 8.25. The number of benzene rings is 1. The normalized spacial score (nSPS) is 26.7. The second-order valence-corrected chi connectivity index (χ2v) is 5.34. The maximum absolute atomic E-state index is 6.00. The van der Waals surface area contributed by atoms with Crippen molar-refractivity contribution in [3.8, 4) is 0 Å². The van der Waals surface area contributed by atoms with Crippen molar-refractivity contribution in [2.45, 2.75) is 50.6 Å². The van der Waals surface area contributed by atoms with E-state index in [0.717, 1.165) is 13.0 Å². The standard InChI is InChI=1S/C15H24N2/c1-12(13-6-3-2-4-7-13)11-17-15-9-5-8-14(16)10-15/h2-4,6-7,12,14-15,17H,5,8-11,16H2,1H3. The lowest BCUT2D eigenvalue weighted by atomic mass is 9.91. The molecule has 2 heteroatoms. The SMILES string of the molecule is CC(CNC1CCCC(N)C1)c1ccccc1. The summed E-state index contributed by atoms with van der Waals surface area (Å²) in [5, 5.41) is 3.67. The van der Waals surface area contributed by atoms with Crippen LogP contribution in [0.3, 0.4) is 0 Å². The Bertz CT molecular complexity index is 323. The van der Waals surface area contributed by atoms with Gasteiger partial charge in [0.05, 0.1) is 0 Å². The van der Waals surface area contributed by atoms with Gasteiger partial charge >= 0.3 is 0 Å². The highest BCUT2D eigenvalue weighted by Gasteiger charge is 2.19. The van der Waals surface area contributed by atoms with Gasteiger partial charge in [0.1, 0.15) is 0 Å². The molecule has 0 saturated heterocycles. The summed E-state index contributed by atoms with van der Waals surface area (Å²) in [4.78, 5) is 0. The topological polar surface area (TPSA) is 38.0 Å². The first-order valence-corrected chi connectivity index (χ1v) is 6.79. The molecule has 1 aromatic rings. The van der Waals surface area contributed by atoms with Gasteiger partial charge < -0.3 is 11.1 Å². The van der Waals surface area contributed by atoms with Crippen molar-refractivity contribution in [3.63, 3.8) is 0 Å². The summed E-state index contributed by atoms with van der Waals surface area (Å²) >= 11 is 0. The maximum atomic E-state index is 6.00. The summed E-state index contributed by atoms with van der Waals surface area (Å²) in [6.07, 6.45) is 4.90. The van der Waals surface area contributed by atoms with Gasteiger partial charge in [-0.3, -0.25) is 0 Å². The van der Waals surface area contributed by atoms with Gasteiger partial charge in [-0.2, -0.15) is 0 Å². The van der Waals surface area contributed by atoms with E-state index in [-0.39, 0.29) is 0 Å². The maximum Gasteiger partial charge on any atom is 0.00820 e. The van der Waals surface area contributed by atoms with Crippen LogP contribution in [0.2, 0.25) is 0 Å². The van der Waals surface area contributed by atoms with Gasteiger partial charge in [0.25, 0.3) is 0 Å². The molecule has 3 atom stereocenters. The Kier molecular flexibility index (Phi) is 4.57. The number of nitrogens with one attached hydrogen (secondary N) is 1. The molecular formula is C15H24N2. The molecule has 2 nitrogen and oxygen atoms in total. The molecule has 0 aromatic heterocycles. The fourth-order valence-electron chi connectivity index (χ4n) is 2.66. The van der Waals surface area contributed by atoms with Gasteiger partial charge in [0, 0.05) is 18.6 Å². The van der Waals surface area contributed by atoms with E-state index in [1.54, 1.807) is 0 Å². The highest BCUT2D eigenvalue weighted by atomic mass is 14.9. The largest absolute Gasteiger partial charge is 0.328 e. The molecule has 0 aliphatic heterocycles. The summed E-state index contributed by atoms with van der Waals surface area (Å²) in [7, 11) is 0. The lowest BCUT2D eigenvalue weighted by Crippen LogP contribution is -2.40. The predicted molar refractivity (Wildman–Crippen MR) is 73.1 cm³/mol. The monoisotopic (exact) mass is 232 g/mol. The van der Waals surface area contributed by atoms with Crippen molar-refractivity contribution in [2.75, 3.05) is 6.54 Å². The molecule has 0 bridgehead atoms. The molecule has 0 radical (unpaired) electrons. The molecule has 2 rings (SSSR count). The quantitative estimate of drug-likeness (QED) is 0.837. The van der Waals surface area contributed by atoms with Crippen molar-refractivity contribution < 1.29 is 0 Å². The summed E-state index contributed by atoms with van der Waals surface area (Å²) in [5.41, 5.74) is 7.42. The van der Waals surface area contributed by atoms with Crippen LogP contribution >= 0.6 is 0 Å². The molecule has 1 aliphatic carbocycles. The third-order valence-electron chi connectivity index (χ3n) is 3.80. The van der Waals surface area contributed by atoms with E-state index in [2.05, 4.69) is 42.6 Å². The molecule has 3 N–H and O–H groups in total. The fourth-order valence-corrected chi connectivity index (χ4v) is 2.66. The average Bonchev–Trinajstić information content (AvgIpc) is 2.37. The Morgan fingerprint density at radius 3 is 2.76 bits per heavy atom. The molecule has 0 amide bonds. The number of hydrogen-bond acceptors (Lipinski definition) is 2. The van der Waals surface area contributed by atoms with Crippen LogP contribution < -0.4 is 11.1 Å². The van der Waals surface area contributed by atoms with Crippen molar-refractivity contribution >= 4 is 0 Å². The Morgan fingerprint density at radius 1 is 1.29 bits per heavy atom. The molecule has 17 heavy (non-hydrogen) atoms. The molecule has 1 aliphatic rings. The molecular weight excluding hydrogens is 208 g/mol. The number of rotatable bonds is 4. The van der Waals surface area contributed by atoms with Crippen molar-refractivity contribution in [2.24, 2.45) is 5.73 Å². The van der Waals surface area contributed by atoms with Crippen LogP contribution in [0.1, 0.15) is 44.1 Å². The third kappa shape index (κ3) is 3.83. The second-order valence-electron chi connectivity index (χ2n) is 5.34. The van der Waals surface area contributed by atoms with Crippen molar-refractivity contribution in [1.29, 1.82) is 0 Å². The second kappa shape index (κ2) is 6.18. The molecule has 1 fully saturated rings. The Balaban J connectivity index is 1.78. The fraction of sp³-hybridized carbons (Fsp3) is 0.600. The molecule has 0 spiro atoms. The minimum atomic E-state index is 0.410. The molecule has 3 unspecified atom stereocenters.